The van der Waals surface area contributed by atoms with Crippen molar-refractivity contribution < 1.29 is 4.74 Å². The van der Waals surface area contributed by atoms with E-state index in [0.29, 0.717) is 40.8 Å². The summed E-state index contributed by atoms with van der Waals surface area (Å²) in [7, 11) is 0. The molecule has 0 saturated heterocycles. The third-order valence-corrected chi connectivity index (χ3v) is 4.33. The highest BCUT2D eigenvalue weighted by atomic mass is 35.5. The van der Waals surface area contributed by atoms with Crippen LogP contribution in [0, 0.1) is 0 Å². The minimum atomic E-state index is -0.493. The number of ether oxygens (including phenoxy) is 1. The Balaban J connectivity index is 2.45. The fourth-order valence-electron chi connectivity index (χ4n) is 2.64. The number of aromatic amines is 1. The molecule has 0 aliphatic rings. The minimum Gasteiger partial charge on any atom is -0.357 e. The second kappa shape index (κ2) is 9.21. The number of halogens is 2. The molecule has 1 aromatic heterocycles. The van der Waals surface area contributed by atoms with Crippen LogP contribution in [0.1, 0.15) is 37.6 Å². The van der Waals surface area contributed by atoms with Crippen LogP contribution in [0.5, 0.6) is 0 Å². The highest BCUT2D eigenvalue weighted by Crippen LogP contribution is 2.21. The van der Waals surface area contributed by atoms with E-state index in [2.05, 4.69) is 4.98 Å². The van der Waals surface area contributed by atoms with Crippen molar-refractivity contribution in [2.24, 2.45) is 0 Å². The maximum atomic E-state index is 12.3. The zero-order valence-electron chi connectivity index (χ0n) is 15.1. The summed E-state index contributed by atoms with van der Waals surface area (Å²) in [4.78, 5) is 26.9. The van der Waals surface area contributed by atoms with Crippen LogP contribution in [0.3, 0.4) is 0 Å². The van der Waals surface area contributed by atoms with E-state index in [1.165, 1.54) is 4.57 Å². The largest absolute Gasteiger partial charge is 0.357 e. The van der Waals surface area contributed by atoms with Crippen molar-refractivity contribution in [3.63, 3.8) is 0 Å². The first-order valence-electron chi connectivity index (χ1n) is 8.32. The summed E-state index contributed by atoms with van der Waals surface area (Å²) in [6.45, 7) is 6.25. The van der Waals surface area contributed by atoms with Crippen LogP contribution in [0.2, 0.25) is 10.0 Å². The standard InChI is InChI=1S/C19H22Cl2N2O3/c1-4-16-17(9-13-7-14(20)10-15(21)8-13)23(19(25)22-18(16)24)11-26-6-5-12(2)3/h5,7-8,10H,4,6,9,11H2,1-3H3,(H,22,24,25). The van der Waals surface area contributed by atoms with Gasteiger partial charge in [-0.2, -0.15) is 0 Å². The number of hydrogen-bond acceptors (Lipinski definition) is 3. The number of allylic oxidation sites excluding steroid dienone is 1. The lowest BCUT2D eigenvalue weighted by Crippen LogP contribution is -2.36. The molecule has 0 saturated carbocycles. The quantitative estimate of drug-likeness (QED) is 0.569. The molecule has 0 spiro atoms. The Kier molecular flexibility index (Phi) is 7.26. The Bertz CT molecular complexity index is 905. The van der Waals surface area contributed by atoms with Crippen molar-refractivity contribution in [3.05, 3.63) is 77.6 Å². The molecule has 2 aromatic rings. The van der Waals surface area contributed by atoms with Crippen molar-refractivity contribution in [2.75, 3.05) is 6.61 Å². The van der Waals surface area contributed by atoms with Crippen LogP contribution in [0.25, 0.3) is 0 Å². The van der Waals surface area contributed by atoms with Gasteiger partial charge >= 0.3 is 5.69 Å². The lowest BCUT2D eigenvalue weighted by Gasteiger charge is -2.16. The Labute approximate surface area is 162 Å². The monoisotopic (exact) mass is 396 g/mol. The van der Waals surface area contributed by atoms with E-state index in [-0.39, 0.29) is 12.3 Å². The zero-order chi connectivity index (χ0) is 19.3. The van der Waals surface area contributed by atoms with Crippen molar-refractivity contribution in [2.45, 2.75) is 40.3 Å². The molecule has 0 fully saturated rings. The number of nitrogens with one attached hydrogen (secondary N) is 1. The number of H-pyrrole nitrogens is 1. The van der Waals surface area contributed by atoms with Gasteiger partial charge in [-0.15, -0.1) is 0 Å². The molecule has 0 amide bonds. The second-order valence-corrected chi connectivity index (χ2v) is 7.07. The number of hydrogen-bond donors (Lipinski definition) is 1. The van der Waals surface area contributed by atoms with E-state index in [1.807, 2.05) is 26.8 Å². The van der Waals surface area contributed by atoms with Gasteiger partial charge in [-0.25, -0.2) is 4.79 Å². The Hall–Kier alpha value is -1.82. The molecule has 0 unspecified atom stereocenters. The van der Waals surface area contributed by atoms with Gasteiger partial charge in [0.05, 0.1) is 6.61 Å². The van der Waals surface area contributed by atoms with Crippen molar-refractivity contribution >= 4 is 23.2 Å². The third-order valence-electron chi connectivity index (χ3n) is 3.89. The Morgan fingerprint density at radius 1 is 1.19 bits per heavy atom. The van der Waals surface area contributed by atoms with Gasteiger partial charge < -0.3 is 4.74 Å². The highest BCUT2D eigenvalue weighted by molar-refractivity contribution is 6.34. The highest BCUT2D eigenvalue weighted by Gasteiger charge is 2.15. The predicted octanol–water partition coefficient (Wildman–Crippen LogP) is 3.94. The molecule has 1 N–H and O–H groups in total. The topological polar surface area (TPSA) is 64.1 Å². The summed E-state index contributed by atoms with van der Waals surface area (Å²) >= 11 is 12.1. The summed E-state index contributed by atoms with van der Waals surface area (Å²) < 4.78 is 7.04. The molecule has 26 heavy (non-hydrogen) atoms. The van der Waals surface area contributed by atoms with Crippen molar-refractivity contribution in [3.8, 4) is 0 Å². The van der Waals surface area contributed by atoms with Crippen LogP contribution >= 0.6 is 23.2 Å². The lowest BCUT2D eigenvalue weighted by molar-refractivity contribution is 0.0938. The van der Waals surface area contributed by atoms with Gasteiger partial charge in [0.15, 0.2) is 0 Å². The molecule has 5 nitrogen and oxygen atoms in total. The maximum absolute atomic E-state index is 12.3. The van der Waals surface area contributed by atoms with Gasteiger partial charge in [0.1, 0.15) is 6.73 Å². The van der Waals surface area contributed by atoms with E-state index in [9.17, 15) is 9.59 Å². The third kappa shape index (κ3) is 5.34. The summed E-state index contributed by atoms with van der Waals surface area (Å²) in [6.07, 6.45) is 2.77. The molecule has 0 radical (unpaired) electrons. The summed E-state index contributed by atoms with van der Waals surface area (Å²) in [5, 5.41) is 1.01. The smallest absolute Gasteiger partial charge is 0.330 e. The van der Waals surface area contributed by atoms with Gasteiger partial charge in [-0.05, 0) is 44.0 Å². The maximum Gasteiger partial charge on any atom is 0.330 e. The SMILES string of the molecule is CCc1c(Cc2cc(Cl)cc(Cl)c2)n(COCC=C(C)C)c(=O)[nH]c1=O. The Morgan fingerprint density at radius 3 is 2.42 bits per heavy atom. The number of benzene rings is 1. The lowest BCUT2D eigenvalue weighted by atomic mass is 10.0. The molecule has 0 aliphatic carbocycles. The van der Waals surface area contributed by atoms with E-state index >= 15 is 0 Å². The molecule has 140 valence electrons. The number of rotatable bonds is 7. The predicted molar refractivity (Wildman–Crippen MR) is 105 cm³/mol. The second-order valence-electron chi connectivity index (χ2n) is 6.20. The number of aromatic nitrogens is 2. The van der Waals surface area contributed by atoms with E-state index < -0.39 is 5.69 Å². The fourth-order valence-corrected chi connectivity index (χ4v) is 3.21. The normalized spacial score (nSPS) is 10.8. The molecule has 1 heterocycles. The van der Waals surface area contributed by atoms with Crippen molar-refractivity contribution in [1.82, 2.24) is 9.55 Å². The average molecular weight is 397 g/mol. The first-order valence-corrected chi connectivity index (χ1v) is 9.08. The van der Waals surface area contributed by atoms with Crippen LogP contribution < -0.4 is 11.2 Å². The van der Waals surface area contributed by atoms with Gasteiger partial charge in [0, 0.05) is 27.7 Å². The van der Waals surface area contributed by atoms with E-state index in [1.54, 1.807) is 18.2 Å². The molecule has 2 rings (SSSR count). The van der Waals surface area contributed by atoms with Gasteiger partial charge in [0.25, 0.3) is 5.56 Å². The summed E-state index contributed by atoms with van der Waals surface area (Å²) in [6, 6.07) is 5.18. The molecule has 0 bridgehead atoms. The van der Waals surface area contributed by atoms with Gasteiger partial charge in [0.2, 0.25) is 0 Å². The van der Waals surface area contributed by atoms with Crippen LogP contribution in [-0.2, 0) is 24.3 Å². The van der Waals surface area contributed by atoms with E-state index in [0.717, 1.165) is 11.1 Å². The first-order chi connectivity index (χ1) is 12.3. The molecule has 7 heteroatoms. The molecule has 0 aliphatic heterocycles. The Morgan fingerprint density at radius 2 is 1.85 bits per heavy atom. The van der Waals surface area contributed by atoms with Crippen molar-refractivity contribution in [1.29, 1.82) is 0 Å². The van der Waals surface area contributed by atoms with E-state index in [4.69, 9.17) is 27.9 Å². The summed E-state index contributed by atoms with van der Waals surface area (Å²) in [5.74, 6) is 0. The summed E-state index contributed by atoms with van der Waals surface area (Å²) in [5.41, 5.74) is 2.24. The van der Waals surface area contributed by atoms with Crippen LogP contribution in [-0.4, -0.2) is 16.2 Å². The molecular formula is C19H22Cl2N2O3. The number of nitrogens with zero attached hydrogens (tertiary/aromatic N) is 1. The average Bonchev–Trinajstić information content (AvgIpc) is 2.52. The zero-order valence-corrected chi connectivity index (χ0v) is 16.6. The van der Waals surface area contributed by atoms with Crippen LogP contribution in [0.4, 0.5) is 0 Å². The molecule has 0 atom stereocenters. The first kappa shape index (κ1) is 20.5. The van der Waals surface area contributed by atoms with Gasteiger partial charge in [-0.3, -0.25) is 14.3 Å². The molecule has 1 aromatic carbocycles. The molecular weight excluding hydrogens is 375 g/mol. The van der Waals surface area contributed by atoms with Crippen LogP contribution in [0.15, 0.2) is 39.4 Å². The minimum absolute atomic E-state index is 0.0516. The fraction of sp³-hybridized carbons (Fsp3) is 0.368. The van der Waals surface area contributed by atoms with Gasteiger partial charge in [-0.1, -0.05) is 41.8 Å².